The van der Waals surface area contributed by atoms with Gasteiger partial charge in [-0.25, -0.2) is 0 Å². The van der Waals surface area contributed by atoms with Crippen LogP contribution in [0.4, 0.5) is 5.69 Å². The van der Waals surface area contributed by atoms with Crippen LogP contribution in [0.2, 0.25) is 0 Å². The Hall–Kier alpha value is -1.35. The van der Waals surface area contributed by atoms with Crippen molar-refractivity contribution in [2.45, 2.75) is 50.4 Å². The van der Waals surface area contributed by atoms with Gasteiger partial charge in [-0.05, 0) is 43.7 Å². The van der Waals surface area contributed by atoms with Crippen molar-refractivity contribution in [1.82, 2.24) is 10.6 Å². The third-order valence-electron chi connectivity index (χ3n) is 5.47. The average molecular weight is 470 g/mol. The van der Waals surface area contributed by atoms with Gasteiger partial charge in [0.25, 0.3) is 0 Å². The zero-order chi connectivity index (χ0) is 17.2. The zero-order valence-electron chi connectivity index (χ0n) is 15.1. The molecule has 1 amide bonds. The van der Waals surface area contributed by atoms with E-state index < -0.39 is 0 Å². The summed E-state index contributed by atoms with van der Waals surface area (Å²) in [5.74, 6) is 0.763. The minimum Gasteiger partial charge on any atom is -0.373 e. The summed E-state index contributed by atoms with van der Waals surface area (Å²) < 4.78 is 5.87. The summed E-state index contributed by atoms with van der Waals surface area (Å²) in [6, 6.07) is 8.47. The maximum Gasteiger partial charge on any atom is 0.246 e. The highest BCUT2D eigenvalue weighted by molar-refractivity contribution is 14.0. The number of ether oxygens (including phenoxy) is 1. The third kappa shape index (κ3) is 3.98. The van der Waals surface area contributed by atoms with Crippen molar-refractivity contribution in [3.8, 4) is 0 Å². The second kappa shape index (κ2) is 8.56. The normalized spacial score (nSPS) is 26.9. The first-order valence-electron chi connectivity index (χ1n) is 9.25. The van der Waals surface area contributed by atoms with Crippen LogP contribution in [0, 0.1) is 0 Å². The van der Waals surface area contributed by atoms with Gasteiger partial charge in [-0.3, -0.25) is 9.79 Å². The molecule has 142 valence electrons. The first-order valence-corrected chi connectivity index (χ1v) is 9.25. The Kier molecular flexibility index (Phi) is 6.39. The summed E-state index contributed by atoms with van der Waals surface area (Å²) in [4.78, 5) is 18.9. The van der Waals surface area contributed by atoms with Crippen LogP contribution in [0.1, 0.15) is 31.2 Å². The van der Waals surface area contributed by atoms with E-state index in [-0.39, 0.29) is 42.5 Å². The summed E-state index contributed by atoms with van der Waals surface area (Å²) in [5.41, 5.74) is 2.30. The molecule has 0 radical (unpaired) electrons. The molecule has 0 aliphatic carbocycles. The largest absolute Gasteiger partial charge is 0.373 e. The molecule has 2 saturated heterocycles. The molecule has 3 atom stereocenters. The fraction of sp³-hybridized carbons (Fsp3) is 0.579. The number of guanidine groups is 1. The maximum absolute atomic E-state index is 12.7. The number of halogens is 1. The molecular formula is C19H27IN4O2. The monoisotopic (exact) mass is 470 g/mol. The molecule has 4 rings (SSSR count). The van der Waals surface area contributed by atoms with Gasteiger partial charge in [0.1, 0.15) is 0 Å². The van der Waals surface area contributed by atoms with Crippen LogP contribution < -0.4 is 15.5 Å². The summed E-state index contributed by atoms with van der Waals surface area (Å²) >= 11 is 0. The average Bonchev–Trinajstić information content (AvgIpc) is 3.27. The summed E-state index contributed by atoms with van der Waals surface area (Å²) in [5, 5.41) is 6.59. The van der Waals surface area contributed by atoms with Crippen molar-refractivity contribution in [2.24, 2.45) is 4.99 Å². The van der Waals surface area contributed by atoms with Gasteiger partial charge in [-0.15, -0.1) is 24.0 Å². The smallest absolute Gasteiger partial charge is 0.246 e. The number of amides is 1. The maximum atomic E-state index is 12.7. The van der Waals surface area contributed by atoms with Crippen molar-refractivity contribution in [1.29, 1.82) is 0 Å². The van der Waals surface area contributed by atoms with Gasteiger partial charge in [0.05, 0.1) is 24.8 Å². The fourth-order valence-electron chi connectivity index (χ4n) is 4.21. The SMILES string of the molecule is CN=C(NCC(=O)N1CCCc2ccccc21)NC1CC2CCC1O2.I. The van der Waals surface area contributed by atoms with Crippen LogP contribution in [0.25, 0.3) is 0 Å². The number of nitrogens with zero attached hydrogens (tertiary/aromatic N) is 2. The molecule has 3 unspecified atom stereocenters. The first-order chi connectivity index (χ1) is 12.2. The molecule has 3 aliphatic heterocycles. The molecule has 1 aromatic rings. The van der Waals surface area contributed by atoms with Crippen LogP contribution >= 0.6 is 24.0 Å². The molecule has 1 aromatic carbocycles. The van der Waals surface area contributed by atoms with Crippen molar-refractivity contribution in [3.05, 3.63) is 29.8 Å². The van der Waals surface area contributed by atoms with Crippen molar-refractivity contribution >= 4 is 41.5 Å². The van der Waals surface area contributed by atoms with Gasteiger partial charge in [-0.1, -0.05) is 18.2 Å². The highest BCUT2D eigenvalue weighted by Gasteiger charge is 2.41. The Balaban J connectivity index is 0.00000196. The summed E-state index contributed by atoms with van der Waals surface area (Å²) in [7, 11) is 1.74. The van der Waals surface area contributed by atoms with Gasteiger partial charge in [0, 0.05) is 19.3 Å². The second-order valence-corrected chi connectivity index (χ2v) is 7.06. The quantitative estimate of drug-likeness (QED) is 0.404. The van der Waals surface area contributed by atoms with Crippen LogP contribution in [0.3, 0.4) is 0 Å². The van der Waals surface area contributed by atoms with Crippen LogP contribution in [-0.2, 0) is 16.0 Å². The number of fused-ring (bicyclic) bond motifs is 3. The Morgan fingerprint density at radius 2 is 2.19 bits per heavy atom. The molecule has 7 heteroatoms. The molecule has 0 saturated carbocycles. The lowest BCUT2D eigenvalue weighted by Crippen LogP contribution is -2.50. The highest BCUT2D eigenvalue weighted by atomic mass is 127. The second-order valence-electron chi connectivity index (χ2n) is 7.06. The number of anilines is 1. The van der Waals surface area contributed by atoms with Crippen LogP contribution in [0.15, 0.2) is 29.3 Å². The Bertz CT molecular complexity index is 681. The van der Waals surface area contributed by atoms with E-state index in [1.807, 2.05) is 23.1 Å². The lowest BCUT2D eigenvalue weighted by Gasteiger charge is -2.30. The Labute approximate surface area is 171 Å². The third-order valence-corrected chi connectivity index (χ3v) is 5.47. The van der Waals surface area contributed by atoms with Crippen molar-refractivity contribution < 1.29 is 9.53 Å². The highest BCUT2D eigenvalue weighted by Crippen LogP contribution is 2.34. The first kappa shape index (κ1) is 19.4. The van der Waals surface area contributed by atoms with Gasteiger partial charge in [0.2, 0.25) is 5.91 Å². The van der Waals surface area contributed by atoms with E-state index in [1.54, 1.807) is 7.05 Å². The topological polar surface area (TPSA) is 66.0 Å². The van der Waals surface area contributed by atoms with E-state index >= 15 is 0 Å². The number of hydrogen-bond donors (Lipinski definition) is 2. The van der Waals surface area contributed by atoms with Crippen LogP contribution in [0.5, 0.6) is 0 Å². The van der Waals surface area contributed by atoms with E-state index in [2.05, 4.69) is 21.7 Å². The lowest BCUT2D eigenvalue weighted by atomic mass is 9.96. The minimum atomic E-state index is 0. The molecule has 3 aliphatic rings. The predicted molar refractivity (Wildman–Crippen MR) is 113 cm³/mol. The molecule has 6 nitrogen and oxygen atoms in total. The zero-order valence-corrected chi connectivity index (χ0v) is 17.4. The van der Waals surface area contributed by atoms with Gasteiger partial charge in [-0.2, -0.15) is 0 Å². The molecule has 26 heavy (non-hydrogen) atoms. The number of carbonyl (C=O) groups excluding carboxylic acids is 1. The molecule has 3 heterocycles. The van der Waals surface area contributed by atoms with Gasteiger partial charge >= 0.3 is 0 Å². The van der Waals surface area contributed by atoms with E-state index in [0.29, 0.717) is 18.1 Å². The number of nitrogens with one attached hydrogen (secondary N) is 2. The van der Waals surface area contributed by atoms with Crippen LogP contribution in [-0.4, -0.2) is 50.3 Å². The molecule has 0 spiro atoms. The Morgan fingerprint density at radius 3 is 2.92 bits per heavy atom. The summed E-state index contributed by atoms with van der Waals surface area (Å²) in [6.07, 6.45) is 6.04. The van der Waals surface area contributed by atoms with E-state index in [0.717, 1.165) is 37.9 Å². The number of para-hydroxylation sites is 1. The molecule has 2 N–H and O–H groups in total. The Morgan fingerprint density at radius 1 is 1.35 bits per heavy atom. The molecule has 2 fully saturated rings. The molecule has 2 bridgehead atoms. The molecule has 0 aromatic heterocycles. The summed E-state index contributed by atoms with van der Waals surface area (Å²) in [6.45, 7) is 1.03. The standard InChI is InChI=1S/C19H26N4O2.HI/c1-20-19(22-15-11-14-8-9-17(15)25-14)21-12-18(24)23-10-4-6-13-5-2-3-7-16(13)23;/h2-3,5,7,14-15,17H,4,6,8-12H2,1H3,(H2,20,21,22);1H. The number of hydrogen-bond acceptors (Lipinski definition) is 3. The molecular weight excluding hydrogens is 443 g/mol. The van der Waals surface area contributed by atoms with Gasteiger partial charge < -0.3 is 20.3 Å². The number of benzene rings is 1. The van der Waals surface area contributed by atoms with E-state index in [9.17, 15) is 4.79 Å². The van der Waals surface area contributed by atoms with Gasteiger partial charge in [0.15, 0.2) is 5.96 Å². The number of aliphatic imine (C=N–C) groups is 1. The van der Waals surface area contributed by atoms with E-state index in [4.69, 9.17) is 4.74 Å². The van der Waals surface area contributed by atoms with E-state index in [1.165, 1.54) is 12.0 Å². The fourth-order valence-corrected chi connectivity index (χ4v) is 4.21. The number of rotatable bonds is 3. The minimum absolute atomic E-state index is 0. The lowest BCUT2D eigenvalue weighted by molar-refractivity contribution is -0.117. The number of aryl methyl sites for hydroxylation is 1. The number of carbonyl (C=O) groups is 1. The van der Waals surface area contributed by atoms with Crippen molar-refractivity contribution in [2.75, 3.05) is 25.0 Å². The predicted octanol–water partition coefficient (Wildman–Crippen LogP) is 2.07. The van der Waals surface area contributed by atoms with Crippen molar-refractivity contribution in [3.63, 3.8) is 0 Å².